The van der Waals surface area contributed by atoms with E-state index in [2.05, 4.69) is 5.32 Å². The summed E-state index contributed by atoms with van der Waals surface area (Å²) in [6, 6.07) is 4.35. The maximum atomic E-state index is 12.8. The molecule has 144 valence electrons. The van der Waals surface area contributed by atoms with Crippen LogP contribution in [0.4, 0.5) is 10.5 Å². The van der Waals surface area contributed by atoms with E-state index in [-0.39, 0.29) is 30.7 Å². The number of hydrogen-bond donors (Lipinski definition) is 1. The summed E-state index contributed by atoms with van der Waals surface area (Å²) in [6.07, 6.45) is -0.0899. The number of carbonyl (C=O) groups excluding carboxylic acids is 4. The molecule has 8 nitrogen and oxygen atoms in total. The first-order valence-electron chi connectivity index (χ1n) is 8.82. The molecule has 1 aromatic carbocycles. The van der Waals surface area contributed by atoms with Gasteiger partial charge in [-0.2, -0.15) is 0 Å². The highest BCUT2D eigenvalue weighted by Crippen LogP contribution is 2.33. The summed E-state index contributed by atoms with van der Waals surface area (Å²) >= 11 is 0. The highest BCUT2D eigenvalue weighted by molar-refractivity contribution is 6.06. The van der Waals surface area contributed by atoms with Crippen LogP contribution in [0.25, 0.3) is 0 Å². The van der Waals surface area contributed by atoms with Gasteiger partial charge in [0.05, 0.1) is 0 Å². The second-order valence-corrected chi connectivity index (χ2v) is 7.74. The lowest BCUT2D eigenvalue weighted by atomic mass is 10.0. The number of nitrogens with zero attached hydrogens (tertiary/aromatic N) is 2. The molecule has 0 radical (unpaired) electrons. The van der Waals surface area contributed by atoms with Gasteiger partial charge in [-0.15, -0.1) is 0 Å². The largest absolute Gasteiger partial charge is 0.444 e. The molecular weight excluding hydrogens is 350 g/mol. The fourth-order valence-corrected chi connectivity index (χ4v) is 3.32. The van der Waals surface area contributed by atoms with Gasteiger partial charge in [0.1, 0.15) is 11.6 Å². The molecule has 0 aromatic heterocycles. The molecule has 1 atom stereocenters. The number of likely N-dealkylation sites (N-methyl/N-ethyl adjacent to an activating group) is 1. The fourth-order valence-electron chi connectivity index (χ4n) is 3.32. The second-order valence-electron chi connectivity index (χ2n) is 7.74. The van der Waals surface area contributed by atoms with Gasteiger partial charge in [-0.05, 0) is 39.3 Å². The molecule has 1 N–H and O–H groups in total. The number of piperidine rings is 1. The van der Waals surface area contributed by atoms with Crippen molar-refractivity contribution in [3.05, 3.63) is 29.3 Å². The highest BCUT2D eigenvalue weighted by atomic mass is 16.6. The Kier molecular flexibility index (Phi) is 4.67. The average Bonchev–Trinajstić information content (AvgIpc) is 2.89. The van der Waals surface area contributed by atoms with Gasteiger partial charge in [-0.3, -0.25) is 24.6 Å². The lowest BCUT2D eigenvalue weighted by molar-refractivity contribution is -0.150. The number of likely N-dealkylation sites (tertiary alicyclic amines) is 1. The zero-order valence-electron chi connectivity index (χ0n) is 15.9. The Morgan fingerprint density at radius 1 is 1.22 bits per heavy atom. The Morgan fingerprint density at radius 2 is 1.93 bits per heavy atom. The predicted octanol–water partition coefficient (Wildman–Crippen LogP) is 2.14. The third kappa shape index (κ3) is 3.65. The minimum absolute atomic E-state index is 0.193. The summed E-state index contributed by atoms with van der Waals surface area (Å²) in [7, 11) is 1.43. The second kappa shape index (κ2) is 6.68. The van der Waals surface area contributed by atoms with E-state index >= 15 is 0 Å². The zero-order valence-corrected chi connectivity index (χ0v) is 15.9. The van der Waals surface area contributed by atoms with Crippen molar-refractivity contribution < 1.29 is 23.9 Å². The third-order valence-corrected chi connectivity index (χ3v) is 4.63. The Balaban J connectivity index is 1.82. The lowest BCUT2D eigenvalue weighted by Crippen LogP contribution is -2.53. The first kappa shape index (κ1) is 18.9. The number of fused-ring (bicyclic) bond motifs is 1. The van der Waals surface area contributed by atoms with Crippen LogP contribution in [0.5, 0.6) is 0 Å². The molecule has 2 aliphatic rings. The van der Waals surface area contributed by atoms with Crippen molar-refractivity contribution in [1.29, 1.82) is 0 Å². The normalized spacial score (nSPS) is 20.0. The van der Waals surface area contributed by atoms with Gasteiger partial charge in [0.2, 0.25) is 5.91 Å². The van der Waals surface area contributed by atoms with E-state index in [1.807, 2.05) is 0 Å². The molecule has 3 rings (SSSR count). The van der Waals surface area contributed by atoms with Crippen molar-refractivity contribution in [3.63, 3.8) is 0 Å². The molecule has 0 spiro atoms. The molecule has 0 saturated carbocycles. The van der Waals surface area contributed by atoms with Crippen LogP contribution in [0.1, 0.15) is 49.5 Å². The van der Waals surface area contributed by atoms with Gasteiger partial charge < -0.3 is 9.64 Å². The number of rotatable bonds is 2. The zero-order chi connectivity index (χ0) is 19.9. The van der Waals surface area contributed by atoms with Crippen LogP contribution >= 0.6 is 0 Å². The summed E-state index contributed by atoms with van der Waals surface area (Å²) in [4.78, 5) is 51.6. The number of benzene rings is 1. The van der Waals surface area contributed by atoms with Crippen molar-refractivity contribution >= 4 is 29.5 Å². The minimum atomic E-state index is -0.679. The topological polar surface area (TPSA) is 96.0 Å². The van der Waals surface area contributed by atoms with Gasteiger partial charge in [0.25, 0.3) is 11.8 Å². The van der Waals surface area contributed by atoms with E-state index in [0.29, 0.717) is 23.2 Å². The number of imide groups is 1. The van der Waals surface area contributed by atoms with Crippen LogP contribution in [0.3, 0.4) is 0 Å². The molecule has 2 heterocycles. The maximum absolute atomic E-state index is 12.8. The Morgan fingerprint density at radius 3 is 2.59 bits per heavy atom. The molecule has 4 amide bonds. The molecule has 27 heavy (non-hydrogen) atoms. The summed E-state index contributed by atoms with van der Waals surface area (Å²) < 4.78 is 5.27. The first-order valence-corrected chi connectivity index (χ1v) is 8.82. The summed E-state index contributed by atoms with van der Waals surface area (Å²) in [5.41, 5.74) is 0.914. The van der Waals surface area contributed by atoms with Crippen LogP contribution in [0.15, 0.2) is 18.2 Å². The third-order valence-electron chi connectivity index (χ3n) is 4.63. The Labute approximate surface area is 157 Å². The number of anilines is 1. The molecule has 1 saturated heterocycles. The van der Waals surface area contributed by atoms with Crippen LogP contribution in [-0.2, 0) is 20.9 Å². The Hall–Kier alpha value is -2.90. The average molecular weight is 373 g/mol. The van der Waals surface area contributed by atoms with Gasteiger partial charge in [-0.25, -0.2) is 4.79 Å². The molecule has 0 aliphatic carbocycles. The number of carbonyl (C=O) groups is 4. The van der Waals surface area contributed by atoms with Gasteiger partial charge in [0.15, 0.2) is 0 Å². The number of nitrogens with one attached hydrogen (secondary N) is 1. The van der Waals surface area contributed by atoms with Crippen molar-refractivity contribution in [2.45, 2.75) is 51.8 Å². The van der Waals surface area contributed by atoms with Crippen LogP contribution in [0.2, 0.25) is 0 Å². The molecular formula is C19H23N3O5. The Bertz CT molecular complexity index is 827. The van der Waals surface area contributed by atoms with E-state index < -0.39 is 17.7 Å². The van der Waals surface area contributed by atoms with Crippen LogP contribution < -0.4 is 5.32 Å². The molecule has 0 bridgehead atoms. The lowest BCUT2D eigenvalue weighted by Gasteiger charge is -2.33. The fraction of sp³-hybridized carbons (Fsp3) is 0.474. The molecule has 1 unspecified atom stereocenters. The summed E-state index contributed by atoms with van der Waals surface area (Å²) in [5, 5.41) is 2.68. The van der Waals surface area contributed by atoms with E-state index in [1.165, 1.54) is 11.9 Å². The number of ether oxygens (including phenoxy) is 1. The predicted molar refractivity (Wildman–Crippen MR) is 97.0 cm³/mol. The standard InChI is InChI=1S/C19H23N3O5/c1-19(2,3)27-18(26)20-13-7-5-6-11-12(13)10-22(16(11)24)14-8-9-15(23)21(4)17(14)25/h5-7,14H,8-10H2,1-4H3,(H,20,26). The van der Waals surface area contributed by atoms with Gasteiger partial charge >= 0.3 is 6.09 Å². The molecule has 1 aromatic rings. The highest BCUT2D eigenvalue weighted by Gasteiger charge is 2.42. The van der Waals surface area contributed by atoms with Crippen molar-refractivity contribution in [2.75, 3.05) is 12.4 Å². The quantitative estimate of drug-likeness (QED) is 0.801. The monoisotopic (exact) mass is 373 g/mol. The first-order chi connectivity index (χ1) is 12.6. The van der Waals surface area contributed by atoms with E-state index in [0.717, 1.165) is 4.90 Å². The minimum Gasteiger partial charge on any atom is -0.444 e. The van der Waals surface area contributed by atoms with Crippen LogP contribution in [-0.4, -0.2) is 52.3 Å². The number of hydrogen-bond acceptors (Lipinski definition) is 5. The van der Waals surface area contributed by atoms with Crippen molar-refractivity contribution in [2.24, 2.45) is 0 Å². The van der Waals surface area contributed by atoms with Crippen molar-refractivity contribution in [1.82, 2.24) is 9.80 Å². The summed E-state index contributed by atoms with van der Waals surface area (Å²) in [5.74, 6) is -0.902. The van der Waals surface area contributed by atoms with Crippen molar-refractivity contribution in [3.8, 4) is 0 Å². The number of amides is 4. The summed E-state index contributed by atoms with van der Waals surface area (Å²) in [6.45, 7) is 5.48. The van der Waals surface area contributed by atoms with E-state index in [9.17, 15) is 19.2 Å². The van der Waals surface area contributed by atoms with Crippen LogP contribution in [0, 0.1) is 0 Å². The smallest absolute Gasteiger partial charge is 0.412 e. The van der Waals surface area contributed by atoms with E-state index in [1.54, 1.807) is 39.0 Å². The molecule has 1 fully saturated rings. The van der Waals surface area contributed by atoms with Gasteiger partial charge in [-0.1, -0.05) is 6.07 Å². The van der Waals surface area contributed by atoms with E-state index in [4.69, 9.17) is 4.74 Å². The maximum Gasteiger partial charge on any atom is 0.412 e. The molecule has 8 heteroatoms. The van der Waals surface area contributed by atoms with Gasteiger partial charge in [0, 0.05) is 36.8 Å². The molecule has 2 aliphatic heterocycles. The SMILES string of the molecule is CN1C(=O)CCC(N2Cc3c(NC(=O)OC(C)(C)C)cccc3C2=O)C1=O.